The number of halogens is 2. The number of ether oxygens (including phenoxy) is 1. The quantitative estimate of drug-likeness (QED) is 0.304. The molecule has 0 unspecified atom stereocenters. The van der Waals surface area contributed by atoms with Crippen LogP contribution >= 0.6 is 11.8 Å². The lowest BCUT2D eigenvalue weighted by Gasteiger charge is -2.43. The largest absolute Gasteiger partial charge is 0.467 e. The highest BCUT2D eigenvalue weighted by molar-refractivity contribution is 8.14. The van der Waals surface area contributed by atoms with E-state index in [4.69, 9.17) is 19.3 Å². The highest BCUT2D eigenvalue weighted by Crippen LogP contribution is 2.54. The molecule has 0 saturated heterocycles. The van der Waals surface area contributed by atoms with E-state index in [-0.39, 0.29) is 40.2 Å². The van der Waals surface area contributed by atoms with Gasteiger partial charge in [-0.25, -0.2) is 33.7 Å². The summed E-state index contributed by atoms with van der Waals surface area (Å²) in [6.07, 6.45) is 8.04. The van der Waals surface area contributed by atoms with Gasteiger partial charge in [0.1, 0.15) is 40.5 Å². The van der Waals surface area contributed by atoms with Gasteiger partial charge in [0.2, 0.25) is 11.8 Å². The molecule has 3 N–H and O–H groups in total. The maximum atomic E-state index is 15.2. The molecule has 1 aliphatic rings. The molecule has 0 aliphatic carbocycles. The Kier molecular flexibility index (Phi) is 6.87. The molecule has 1 amide bonds. The van der Waals surface area contributed by atoms with Gasteiger partial charge in [-0.2, -0.15) is 0 Å². The lowest BCUT2D eigenvalue weighted by molar-refractivity contribution is 0.102. The molecule has 4 aromatic rings. The number of amides is 1. The number of hydrogen-bond donors (Lipinski definition) is 2. The van der Waals surface area contributed by atoms with Crippen molar-refractivity contribution < 1.29 is 27.1 Å². The molecule has 39 heavy (non-hydrogen) atoms. The average Bonchev–Trinajstić information content (AvgIpc) is 3.66. The van der Waals surface area contributed by atoms with E-state index in [0.717, 1.165) is 17.8 Å². The van der Waals surface area contributed by atoms with Crippen LogP contribution in [0.1, 0.15) is 34.6 Å². The molecule has 0 radical (unpaired) electrons. The smallest absolute Gasteiger partial charge is 0.275 e. The fraction of sp³-hybridized carbons (Fsp3) is 0.200. The van der Waals surface area contributed by atoms with E-state index in [0.29, 0.717) is 11.7 Å². The number of thioether (sulfide) groups is 1. The minimum absolute atomic E-state index is 0.00759. The van der Waals surface area contributed by atoms with Crippen molar-refractivity contribution in [2.45, 2.75) is 23.8 Å². The maximum Gasteiger partial charge on any atom is 0.275 e. The van der Waals surface area contributed by atoms with Gasteiger partial charge in [-0.05, 0) is 30.7 Å². The van der Waals surface area contributed by atoms with Crippen molar-refractivity contribution in [3.63, 3.8) is 0 Å². The van der Waals surface area contributed by atoms with Gasteiger partial charge >= 0.3 is 0 Å². The van der Waals surface area contributed by atoms with Crippen LogP contribution in [0.3, 0.4) is 0 Å². The van der Waals surface area contributed by atoms with Crippen LogP contribution in [-0.2, 0) is 16.9 Å². The normalized spacial score (nSPS) is 20.9. The second-order valence-electron chi connectivity index (χ2n) is 8.53. The van der Waals surface area contributed by atoms with Gasteiger partial charge in [0, 0.05) is 11.3 Å². The molecule has 1 aliphatic heterocycles. The number of oxazole rings is 2. The molecule has 3 aromatic heterocycles. The van der Waals surface area contributed by atoms with E-state index in [1.165, 1.54) is 49.6 Å². The molecule has 0 saturated carbocycles. The highest BCUT2D eigenvalue weighted by Gasteiger charge is 2.52. The van der Waals surface area contributed by atoms with Crippen LogP contribution in [0, 0.1) is 5.82 Å². The summed E-state index contributed by atoms with van der Waals surface area (Å²) in [6, 6.07) is 3.71. The number of carbonyl (C=O) groups excluding carboxylic acids is 1. The first-order valence-corrected chi connectivity index (χ1v) is 12.2. The standard InChI is InChI=1S/C25H21F2N7O4S/c1-14-24(2,19-9-29-13-38-19)39-23(28)34-25(14,12-26)16-7-15(3-4-17(16)27)33-22(35)18-8-32-20(10-31-18)37-11-21-30-5-6-36-21/h3-10,13H,1,11-12H2,2H3,(H2,28,34)(H,33,35)/t24-,25-/m0/s1. The first-order chi connectivity index (χ1) is 18.7. The topological polar surface area (TPSA) is 155 Å². The molecule has 5 rings (SSSR count). The number of rotatable bonds is 8. The lowest BCUT2D eigenvalue weighted by atomic mass is 9.77. The predicted molar refractivity (Wildman–Crippen MR) is 137 cm³/mol. The van der Waals surface area contributed by atoms with Gasteiger partial charge in [-0.3, -0.25) is 4.79 Å². The molecular formula is C25H21F2N7O4S. The average molecular weight is 554 g/mol. The summed E-state index contributed by atoms with van der Waals surface area (Å²) in [5.74, 6) is -0.547. The van der Waals surface area contributed by atoms with Crippen molar-refractivity contribution >= 4 is 28.5 Å². The number of amidine groups is 1. The molecule has 11 nitrogen and oxygen atoms in total. The fourth-order valence-corrected chi connectivity index (χ4v) is 5.20. The SMILES string of the molecule is C=C1[C@@](CF)(c2cc(NC(=O)c3cnc(OCc4ncco4)cn3)ccc2F)N=C(N)S[C@]1(C)c1cnco1. The van der Waals surface area contributed by atoms with E-state index in [9.17, 15) is 9.18 Å². The van der Waals surface area contributed by atoms with Crippen molar-refractivity contribution in [2.75, 3.05) is 12.0 Å². The van der Waals surface area contributed by atoms with Crippen molar-refractivity contribution in [2.24, 2.45) is 10.7 Å². The van der Waals surface area contributed by atoms with Crippen LogP contribution in [0.5, 0.6) is 5.88 Å². The van der Waals surface area contributed by atoms with E-state index in [1.54, 1.807) is 6.92 Å². The number of nitrogens with zero attached hydrogens (tertiary/aromatic N) is 5. The van der Waals surface area contributed by atoms with Crippen LogP contribution in [-0.4, -0.2) is 37.7 Å². The number of carbonyl (C=O) groups is 1. The van der Waals surface area contributed by atoms with Crippen LogP contribution < -0.4 is 15.8 Å². The van der Waals surface area contributed by atoms with E-state index in [1.807, 2.05) is 0 Å². The number of anilines is 1. The monoisotopic (exact) mass is 553 g/mol. The minimum Gasteiger partial charge on any atom is -0.467 e. The highest BCUT2D eigenvalue weighted by atomic mass is 32.2. The number of alkyl halides is 1. The van der Waals surface area contributed by atoms with Crippen LogP contribution in [0.25, 0.3) is 0 Å². The number of aromatic nitrogens is 4. The van der Waals surface area contributed by atoms with Crippen LogP contribution in [0.2, 0.25) is 0 Å². The fourth-order valence-electron chi connectivity index (χ4n) is 4.08. The lowest BCUT2D eigenvalue weighted by Crippen LogP contribution is -2.44. The predicted octanol–water partition coefficient (Wildman–Crippen LogP) is 4.12. The Hall–Kier alpha value is -4.59. The molecule has 1 aromatic carbocycles. The molecule has 0 spiro atoms. The zero-order chi connectivity index (χ0) is 27.6. The summed E-state index contributed by atoms with van der Waals surface area (Å²) in [7, 11) is 0. The minimum atomic E-state index is -1.89. The van der Waals surface area contributed by atoms with Crippen LogP contribution in [0.4, 0.5) is 14.5 Å². The third-order valence-electron chi connectivity index (χ3n) is 6.14. The van der Waals surface area contributed by atoms with E-state index < -0.39 is 28.7 Å². The summed E-state index contributed by atoms with van der Waals surface area (Å²) in [4.78, 5) is 33.1. The second-order valence-corrected chi connectivity index (χ2v) is 9.97. The maximum absolute atomic E-state index is 15.2. The molecule has 0 fully saturated rings. The Morgan fingerprint density at radius 3 is 2.74 bits per heavy atom. The summed E-state index contributed by atoms with van der Waals surface area (Å²) >= 11 is 1.09. The van der Waals surface area contributed by atoms with Gasteiger partial charge in [0.15, 0.2) is 18.2 Å². The number of benzene rings is 1. The Morgan fingerprint density at radius 2 is 2.08 bits per heavy atom. The first kappa shape index (κ1) is 26.0. The summed E-state index contributed by atoms with van der Waals surface area (Å²) in [5.41, 5.74) is 4.36. The Morgan fingerprint density at radius 1 is 1.23 bits per heavy atom. The van der Waals surface area contributed by atoms with Gasteiger partial charge in [0.05, 0.1) is 24.8 Å². The zero-order valence-corrected chi connectivity index (χ0v) is 21.2. The molecule has 0 bridgehead atoms. The van der Waals surface area contributed by atoms with Gasteiger partial charge in [-0.1, -0.05) is 18.3 Å². The second kappa shape index (κ2) is 10.3. The first-order valence-electron chi connectivity index (χ1n) is 11.4. The van der Waals surface area contributed by atoms with Crippen molar-refractivity contribution in [1.29, 1.82) is 0 Å². The Bertz CT molecular complexity index is 1530. The molecule has 14 heteroatoms. The van der Waals surface area contributed by atoms with E-state index in [2.05, 4.69) is 36.8 Å². The van der Waals surface area contributed by atoms with Crippen molar-refractivity contribution in [3.8, 4) is 5.88 Å². The van der Waals surface area contributed by atoms with Crippen molar-refractivity contribution in [1.82, 2.24) is 19.9 Å². The van der Waals surface area contributed by atoms with Gasteiger partial charge in [0.25, 0.3) is 5.91 Å². The third kappa shape index (κ3) is 4.85. The zero-order valence-electron chi connectivity index (χ0n) is 20.4. The molecule has 4 heterocycles. The summed E-state index contributed by atoms with van der Waals surface area (Å²) < 4.78 is 45.0. The summed E-state index contributed by atoms with van der Waals surface area (Å²) in [6.45, 7) is 4.68. The number of aliphatic imine (C=N–C) groups is 1. The molecular weight excluding hydrogens is 532 g/mol. The number of hydrogen-bond acceptors (Lipinski definition) is 11. The van der Waals surface area contributed by atoms with Gasteiger partial charge in [-0.15, -0.1) is 0 Å². The number of nitrogens with one attached hydrogen (secondary N) is 1. The Balaban J connectivity index is 1.39. The van der Waals surface area contributed by atoms with Crippen molar-refractivity contribution in [3.05, 3.63) is 96.5 Å². The molecule has 200 valence electrons. The molecule has 2 atom stereocenters. The van der Waals surface area contributed by atoms with Gasteiger partial charge < -0.3 is 24.6 Å². The summed E-state index contributed by atoms with van der Waals surface area (Å²) in [5, 5.41) is 2.62. The Labute approximate surface area is 224 Å². The number of nitrogens with two attached hydrogens (primary N) is 1. The van der Waals surface area contributed by atoms with E-state index >= 15 is 4.39 Å². The third-order valence-corrected chi connectivity index (χ3v) is 7.29. The van der Waals surface area contributed by atoms with Crippen LogP contribution in [0.15, 0.2) is 81.6 Å².